The Morgan fingerprint density at radius 3 is 2.89 bits per heavy atom. The summed E-state index contributed by atoms with van der Waals surface area (Å²) in [5.41, 5.74) is 0. The summed E-state index contributed by atoms with van der Waals surface area (Å²) < 4.78 is 28.2. The van der Waals surface area contributed by atoms with Crippen LogP contribution in [0.2, 0.25) is 0 Å². The van der Waals surface area contributed by atoms with Crippen LogP contribution in [0.3, 0.4) is 0 Å². The van der Waals surface area contributed by atoms with Gasteiger partial charge in [0.2, 0.25) is 0 Å². The third-order valence-corrected chi connectivity index (χ3v) is 5.61. The third-order valence-electron chi connectivity index (χ3n) is 3.36. The van der Waals surface area contributed by atoms with Gasteiger partial charge in [0.1, 0.15) is 0 Å². The predicted molar refractivity (Wildman–Crippen MR) is 70.1 cm³/mol. The van der Waals surface area contributed by atoms with Crippen molar-refractivity contribution >= 4 is 21.6 Å². The van der Waals surface area contributed by atoms with Crippen molar-refractivity contribution in [1.82, 2.24) is 14.1 Å². The maximum Gasteiger partial charge on any atom is 0.260 e. The van der Waals surface area contributed by atoms with E-state index in [2.05, 4.69) is 5.10 Å². The minimum absolute atomic E-state index is 0.0242. The normalized spacial score (nSPS) is 22.2. The van der Waals surface area contributed by atoms with Crippen molar-refractivity contribution in [3.8, 4) is 0 Å². The van der Waals surface area contributed by atoms with Crippen LogP contribution >= 0.6 is 11.6 Å². The molecule has 18 heavy (non-hydrogen) atoms. The van der Waals surface area contributed by atoms with Crippen LogP contribution in [0.1, 0.15) is 25.7 Å². The second-order valence-corrected chi connectivity index (χ2v) is 6.75. The SMILES string of the molecule is Cn1nccc1S(=O)(=O)N1CCCCC1CCCl. The molecule has 0 radical (unpaired) electrons. The number of nitrogens with zero attached hydrogens (tertiary/aromatic N) is 3. The fourth-order valence-corrected chi connectivity index (χ4v) is 4.52. The summed E-state index contributed by atoms with van der Waals surface area (Å²) in [4.78, 5) is 0. The number of piperidine rings is 1. The molecule has 0 N–H and O–H groups in total. The lowest BCUT2D eigenvalue weighted by Gasteiger charge is -2.34. The molecule has 1 aliphatic rings. The van der Waals surface area contributed by atoms with Crippen molar-refractivity contribution in [2.24, 2.45) is 7.05 Å². The summed E-state index contributed by atoms with van der Waals surface area (Å²) in [6.07, 6.45) is 5.09. The zero-order valence-electron chi connectivity index (χ0n) is 10.4. The molecule has 0 bridgehead atoms. The number of sulfonamides is 1. The summed E-state index contributed by atoms with van der Waals surface area (Å²) in [6, 6.07) is 1.57. The molecule has 0 aromatic carbocycles. The number of aryl methyl sites for hydroxylation is 1. The van der Waals surface area contributed by atoms with Crippen LogP contribution in [0.15, 0.2) is 17.3 Å². The number of hydrogen-bond acceptors (Lipinski definition) is 3. The summed E-state index contributed by atoms with van der Waals surface area (Å²) in [7, 11) is -1.80. The molecular formula is C11H18ClN3O2S. The summed E-state index contributed by atoms with van der Waals surface area (Å²) in [6.45, 7) is 0.578. The largest absolute Gasteiger partial charge is 0.260 e. The third kappa shape index (κ3) is 2.55. The van der Waals surface area contributed by atoms with Gasteiger partial charge in [-0.2, -0.15) is 9.40 Å². The Kier molecular flexibility index (Phi) is 4.29. The van der Waals surface area contributed by atoms with E-state index in [0.717, 1.165) is 19.3 Å². The van der Waals surface area contributed by atoms with Gasteiger partial charge in [0, 0.05) is 25.5 Å². The van der Waals surface area contributed by atoms with Gasteiger partial charge in [0.05, 0.1) is 6.20 Å². The zero-order chi connectivity index (χ0) is 13.2. The quantitative estimate of drug-likeness (QED) is 0.792. The van der Waals surface area contributed by atoms with Gasteiger partial charge in [-0.3, -0.25) is 4.68 Å². The molecule has 1 atom stereocenters. The summed E-state index contributed by atoms with van der Waals surface area (Å²) >= 11 is 5.77. The van der Waals surface area contributed by atoms with Crippen LogP contribution in [0.4, 0.5) is 0 Å². The highest BCUT2D eigenvalue weighted by molar-refractivity contribution is 7.89. The topological polar surface area (TPSA) is 55.2 Å². The molecule has 1 aromatic heterocycles. The lowest BCUT2D eigenvalue weighted by atomic mass is 10.0. The molecule has 1 aliphatic heterocycles. The van der Waals surface area contributed by atoms with E-state index in [-0.39, 0.29) is 11.1 Å². The van der Waals surface area contributed by atoms with Crippen LogP contribution in [-0.4, -0.2) is 41.0 Å². The van der Waals surface area contributed by atoms with E-state index in [1.807, 2.05) is 0 Å². The van der Waals surface area contributed by atoms with Crippen LogP contribution in [0.25, 0.3) is 0 Å². The number of hydrogen-bond donors (Lipinski definition) is 0. The molecule has 1 aromatic rings. The molecular weight excluding hydrogens is 274 g/mol. The van der Waals surface area contributed by atoms with E-state index in [4.69, 9.17) is 11.6 Å². The Labute approximate surface area is 113 Å². The molecule has 102 valence electrons. The smallest absolute Gasteiger partial charge is 0.256 e. The molecule has 0 amide bonds. The van der Waals surface area contributed by atoms with Gasteiger partial charge in [-0.15, -0.1) is 11.6 Å². The molecule has 1 unspecified atom stereocenters. The van der Waals surface area contributed by atoms with E-state index < -0.39 is 10.0 Å². The predicted octanol–water partition coefficient (Wildman–Crippen LogP) is 1.59. The maximum absolute atomic E-state index is 12.6. The van der Waals surface area contributed by atoms with E-state index >= 15 is 0 Å². The van der Waals surface area contributed by atoms with Gasteiger partial charge in [0.25, 0.3) is 10.0 Å². The highest BCUT2D eigenvalue weighted by atomic mass is 35.5. The van der Waals surface area contributed by atoms with E-state index in [1.54, 1.807) is 17.4 Å². The highest BCUT2D eigenvalue weighted by Crippen LogP contribution is 2.26. The molecule has 1 fully saturated rings. The van der Waals surface area contributed by atoms with Crippen molar-refractivity contribution in [2.45, 2.75) is 36.8 Å². The van der Waals surface area contributed by atoms with Gasteiger partial charge < -0.3 is 0 Å². The van der Waals surface area contributed by atoms with Gasteiger partial charge in [-0.25, -0.2) is 8.42 Å². The first-order valence-corrected chi connectivity index (χ1v) is 8.10. The van der Waals surface area contributed by atoms with Crippen LogP contribution in [0.5, 0.6) is 0 Å². The van der Waals surface area contributed by atoms with Crippen LogP contribution < -0.4 is 0 Å². The van der Waals surface area contributed by atoms with Crippen molar-refractivity contribution in [2.75, 3.05) is 12.4 Å². The second kappa shape index (κ2) is 5.59. The molecule has 0 aliphatic carbocycles. The number of halogens is 1. The molecule has 5 nitrogen and oxygen atoms in total. The summed E-state index contributed by atoms with van der Waals surface area (Å²) in [5.74, 6) is 0.488. The molecule has 0 spiro atoms. The molecule has 7 heteroatoms. The lowest BCUT2D eigenvalue weighted by molar-refractivity contribution is 0.246. The van der Waals surface area contributed by atoms with Gasteiger partial charge in [-0.1, -0.05) is 6.42 Å². The fraction of sp³-hybridized carbons (Fsp3) is 0.727. The van der Waals surface area contributed by atoms with E-state index in [9.17, 15) is 8.42 Å². The maximum atomic E-state index is 12.6. The molecule has 0 saturated carbocycles. The van der Waals surface area contributed by atoms with Gasteiger partial charge >= 0.3 is 0 Å². The first-order chi connectivity index (χ1) is 8.57. The Morgan fingerprint density at radius 2 is 2.28 bits per heavy atom. The van der Waals surface area contributed by atoms with E-state index in [0.29, 0.717) is 18.8 Å². The Bertz CT molecular complexity index is 498. The Hall–Kier alpha value is -0.590. The van der Waals surface area contributed by atoms with Crippen molar-refractivity contribution in [3.63, 3.8) is 0 Å². The van der Waals surface area contributed by atoms with Crippen LogP contribution in [-0.2, 0) is 17.1 Å². The Balaban J connectivity index is 2.30. The molecule has 2 heterocycles. The van der Waals surface area contributed by atoms with Crippen molar-refractivity contribution in [3.05, 3.63) is 12.3 Å². The van der Waals surface area contributed by atoms with Gasteiger partial charge in [-0.05, 0) is 25.3 Å². The Morgan fingerprint density at radius 1 is 1.50 bits per heavy atom. The average Bonchev–Trinajstić information content (AvgIpc) is 2.77. The summed E-state index contributed by atoms with van der Waals surface area (Å²) in [5, 5.41) is 4.19. The van der Waals surface area contributed by atoms with Crippen molar-refractivity contribution in [1.29, 1.82) is 0 Å². The number of aromatic nitrogens is 2. The fourth-order valence-electron chi connectivity index (χ4n) is 2.44. The molecule has 2 rings (SSSR count). The monoisotopic (exact) mass is 291 g/mol. The first-order valence-electron chi connectivity index (χ1n) is 6.13. The lowest BCUT2D eigenvalue weighted by Crippen LogP contribution is -2.44. The van der Waals surface area contributed by atoms with Crippen LogP contribution in [0, 0.1) is 0 Å². The molecule has 1 saturated heterocycles. The zero-order valence-corrected chi connectivity index (χ0v) is 12.0. The van der Waals surface area contributed by atoms with Gasteiger partial charge in [0.15, 0.2) is 5.03 Å². The van der Waals surface area contributed by atoms with E-state index in [1.165, 1.54) is 10.9 Å². The minimum Gasteiger partial charge on any atom is -0.256 e. The first kappa shape index (κ1) is 13.8. The second-order valence-electron chi connectivity index (χ2n) is 4.54. The number of rotatable bonds is 4. The number of alkyl halides is 1. The average molecular weight is 292 g/mol. The minimum atomic E-state index is -3.45. The highest BCUT2D eigenvalue weighted by Gasteiger charge is 2.34. The standard InChI is InChI=1S/C11H18ClN3O2S/c1-14-11(6-8-13-14)18(16,17)15-9-3-2-4-10(15)5-7-12/h6,8,10H,2-5,7,9H2,1H3. The van der Waals surface area contributed by atoms with Crippen molar-refractivity contribution < 1.29 is 8.42 Å².